The highest BCUT2D eigenvalue weighted by molar-refractivity contribution is 6.00. The van der Waals surface area contributed by atoms with Gasteiger partial charge in [0, 0.05) is 44.0 Å². The van der Waals surface area contributed by atoms with Crippen LogP contribution in [0, 0.1) is 12.8 Å². The van der Waals surface area contributed by atoms with Crippen molar-refractivity contribution in [3.63, 3.8) is 0 Å². The lowest BCUT2D eigenvalue weighted by Crippen LogP contribution is -2.32. The van der Waals surface area contributed by atoms with Crippen LogP contribution in [0.2, 0.25) is 0 Å². The Morgan fingerprint density at radius 2 is 1.64 bits per heavy atom. The maximum absolute atomic E-state index is 12.5. The molecular formula is C23H27N3O2. The zero-order chi connectivity index (χ0) is 19.5. The molecule has 2 heterocycles. The van der Waals surface area contributed by atoms with Crippen LogP contribution in [0.1, 0.15) is 30.4 Å². The summed E-state index contributed by atoms with van der Waals surface area (Å²) in [6, 6.07) is 16.3. The molecule has 0 radical (unpaired) electrons. The number of hydrogen-bond acceptors (Lipinski definition) is 3. The fourth-order valence-corrected chi connectivity index (χ4v) is 3.99. The second kappa shape index (κ2) is 8.05. The summed E-state index contributed by atoms with van der Waals surface area (Å²) in [6.07, 6.45) is 2.76. The van der Waals surface area contributed by atoms with E-state index in [1.54, 1.807) is 4.90 Å². The molecule has 146 valence electrons. The van der Waals surface area contributed by atoms with Crippen LogP contribution >= 0.6 is 0 Å². The molecule has 1 unspecified atom stereocenters. The maximum Gasteiger partial charge on any atom is 0.227 e. The molecule has 0 bridgehead atoms. The van der Waals surface area contributed by atoms with Gasteiger partial charge in [-0.05, 0) is 49.6 Å². The maximum atomic E-state index is 12.5. The highest BCUT2D eigenvalue weighted by Crippen LogP contribution is 2.28. The molecule has 5 nitrogen and oxygen atoms in total. The van der Waals surface area contributed by atoms with Crippen LogP contribution in [0.15, 0.2) is 48.5 Å². The van der Waals surface area contributed by atoms with Crippen LogP contribution in [-0.2, 0) is 16.1 Å². The first kappa shape index (κ1) is 18.5. The number of hydrogen-bond donors (Lipinski definition) is 1. The molecule has 0 saturated carbocycles. The molecule has 1 atom stereocenters. The lowest BCUT2D eigenvalue weighted by atomic mass is 10.1. The first-order chi connectivity index (χ1) is 13.6. The van der Waals surface area contributed by atoms with Crippen molar-refractivity contribution in [3.05, 3.63) is 59.7 Å². The SMILES string of the molecule is Cc1ccc(CNC(=O)C2CC(=O)N(c3ccc(N4CCCC4)cc3)C2)cc1. The van der Waals surface area contributed by atoms with Crippen molar-refractivity contribution in [1.82, 2.24) is 5.32 Å². The fourth-order valence-electron chi connectivity index (χ4n) is 3.99. The van der Waals surface area contributed by atoms with E-state index in [2.05, 4.69) is 22.3 Å². The molecule has 2 aromatic carbocycles. The van der Waals surface area contributed by atoms with Crippen molar-refractivity contribution < 1.29 is 9.59 Å². The number of rotatable bonds is 5. The van der Waals surface area contributed by atoms with Gasteiger partial charge in [0.25, 0.3) is 0 Å². The summed E-state index contributed by atoms with van der Waals surface area (Å²) in [6.45, 7) is 5.19. The third-order valence-corrected chi connectivity index (χ3v) is 5.72. The van der Waals surface area contributed by atoms with Crippen molar-refractivity contribution in [3.8, 4) is 0 Å². The summed E-state index contributed by atoms with van der Waals surface area (Å²) >= 11 is 0. The molecule has 5 heteroatoms. The summed E-state index contributed by atoms with van der Waals surface area (Å²) in [4.78, 5) is 29.1. The summed E-state index contributed by atoms with van der Waals surface area (Å²) in [5.41, 5.74) is 4.35. The van der Waals surface area contributed by atoms with Crippen molar-refractivity contribution in [2.24, 2.45) is 5.92 Å². The number of carbonyl (C=O) groups is 2. The zero-order valence-corrected chi connectivity index (χ0v) is 16.4. The summed E-state index contributed by atoms with van der Waals surface area (Å²) in [5.74, 6) is -0.328. The molecular weight excluding hydrogens is 350 g/mol. The van der Waals surface area contributed by atoms with Crippen LogP contribution in [0.5, 0.6) is 0 Å². The molecule has 4 rings (SSSR count). The minimum atomic E-state index is -0.295. The van der Waals surface area contributed by atoms with E-state index in [-0.39, 0.29) is 24.2 Å². The smallest absolute Gasteiger partial charge is 0.227 e. The standard InChI is InChI=1S/C23H27N3O2/c1-17-4-6-18(7-5-17)15-24-23(28)19-14-22(27)26(16-19)21-10-8-20(9-11-21)25-12-2-3-13-25/h4-11,19H,2-3,12-16H2,1H3,(H,24,28). The van der Waals surface area contributed by atoms with Crippen molar-refractivity contribution in [2.75, 3.05) is 29.4 Å². The topological polar surface area (TPSA) is 52.7 Å². The van der Waals surface area contributed by atoms with E-state index in [0.717, 1.165) is 24.3 Å². The Morgan fingerprint density at radius 3 is 2.32 bits per heavy atom. The van der Waals surface area contributed by atoms with Crippen molar-refractivity contribution in [2.45, 2.75) is 32.7 Å². The van der Waals surface area contributed by atoms with E-state index < -0.39 is 0 Å². The minimum Gasteiger partial charge on any atom is -0.372 e. The molecule has 0 aliphatic carbocycles. The van der Waals surface area contributed by atoms with Gasteiger partial charge in [0.1, 0.15) is 0 Å². The van der Waals surface area contributed by atoms with Gasteiger partial charge < -0.3 is 15.1 Å². The molecule has 2 aromatic rings. The molecule has 0 spiro atoms. The molecule has 2 fully saturated rings. The molecule has 1 N–H and O–H groups in total. The van der Waals surface area contributed by atoms with Gasteiger partial charge in [-0.2, -0.15) is 0 Å². The van der Waals surface area contributed by atoms with E-state index >= 15 is 0 Å². The van der Waals surface area contributed by atoms with Crippen LogP contribution in [0.25, 0.3) is 0 Å². The normalized spacial score (nSPS) is 19.3. The van der Waals surface area contributed by atoms with Gasteiger partial charge >= 0.3 is 0 Å². The second-order valence-electron chi connectivity index (χ2n) is 7.82. The average molecular weight is 377 g/mol. The minimum absolute atomic E-state index is 0.0180. The highest BCUT2D eigenvalue weighted by Gasteiger charge is 2.35. The quantitative estimate of drug-likeness (QED) is 0.870. The molecule has 2 amide bonds. The Bertz CT molecular complexity index is 839. The van der Waals surface area contributed by atoms with Crippen molar-refractivity contribution >= 4 is 23.2 Å². The van der Waals surface area contributed by atoms with Crippen molar-refractivity contribution in [1.29, 1.82) is 0 Å². The van der Waals surface area contributed by atoms with Gasteiger partial charge in [0.15, 0.2) is 0 Å². The van der Waals surface area contributed by atoms with Crippen LogP contribution in [-0.4, -0.2) is 31.4 Å². The van der Waals surface area contributed by atoms with Gasteiger partial charge in [-0.15, -0.1) is 0 Å². The Morgan fingerprint density at radius 1 is 1.00 bits per heavy atom. The lowest BCUT2D eigenvalue weighted by molar-refractivity contribution is -0.126. The number of carbonyl (C=O) groups excluding carboxylic acids is 2. The molecule has 2 aliphatic rings. The lowest BCUT2D eigenvalue weighted by Gasteiger charge is -2.20. The van der Waals surface area contributed by atoms with Crippen LogP contribution in [0.3, 0.4) is 0 Å². The Labute approximate surface area is 166 Å². The molecule has 2 aliphatic heterocycles. The monoisotopic (exact) mass is 377 g/mol. The Balaban J connectivity index is 1.35. The van der Waals surface area contributed by atoms with Gasteiger partial charge in [-0.3, -0.25) is 9.59 Å². The first-order valence-electron chi connectivity index (χ1n) is 10.1. The number of benzene rings is 2. The van der Waals surface area contributed by atoms with Gasteiger partial charge in [-0.25, -0.2) is 0 Å². The zero-order valence-electron chi connectivity index (χ0n) is 16.4. The summed E-state index contributed by atoms with van der Waals surface area (Å²) in [5, 5.41) is 2.97. The number of aryl methyl sites for hydroxylation is 1. The van der Waals surface area contributed by atoms with E-state index in [9.17, 15) is 9.59 Å². The van der Waals surface area contributed by atoms with E-state index in [0.29, 0.717) is 13.1 Å². The number of amides is 2. The largest absolute Gasteiger partial charge is 0.372 e. The third-order valence-electron chi connectivity index (χ3n) is 5.72. The van der Waals surface area contributed by atoms with Crippen LogP contribution in [0.4, 0.5) is 11.4 Å². The van der Waals surface area contributed by atoms with E-state index in [1.165, 1.54) is 24.1 Å². The molecule has 2 saturated heterocycles. The Hall–Kier alpha value is -2.82. The van der Waals surface area contributed by atoms with Gasteiger partial charge in [0.05, 0.1) is 5.92 Å². The second-order valence-corrected chi connectivity index (χ2v) is 7.82. The van der Waals surface area contributed by atoms with E-state index in [1.807, 2.05) is 43.3 Å². The fraction of sp³-hybridized carbons (Fsp3) is 0.391. The summed E-state index contributed by atoms with van der Waals surface area (Å²) < 4.78 is 0. The third kappa shape index (κ3) is 4.03. The number of nitrogens with one attached hydrogen (secondary N) is 1. The highest BCUT2D eigenvalue weighted by atomic mass is 16.2. The Kier molecular flexibility index (Phi) is 5.33. The average Bonchev–Trinajstić information content (AvgIpc) is 3.37. The van der Waals surface area contributed by atoms with E-state index in [4.69, 9.17) is 0 Å². The number of anilines is 2. The molecule has 28 heavy (non-hydrogen) atoms. The molecule has 0 aromatic heterocycles. The van der Waals surface area contributed by atoms with Crippen LogP contribution < -0.4 is 15.1 Å². The number of nitrogens with zero attached hydrogens (tertiary/aromatic N) is 2. The predicted molar refractivity (Wildman–Crippen MR) is 111 cm³/mol. The summed E-state index contributed by atoms with van der Waals surface area (Å²) in [7, 11) is 0. The predicted octanol–water partition coefficient (Wildman–Crippen LogP) is 3.26. The van der Waals surface area contributed by atoms with Gasteiger partial charge in [0.2, 0.25) is 11.8 Å². The van der Waals surface area contributed by atoms with Gasteiger partial charge in [-0.1, -0.05) is 29.8 Å². The first-order valence-corrected chi connectivity index (χ1v) is 10.1.